The second kappa shape index (κ2) is 11.9. The van der Waals surface area contributed by atoms with E-state index in [9.17, 15) is 4.79 Å². The van der Waals surface area contributed by atoms with Gasteiger partial charge in [-0.2, -0.15) is 0 Å². The molecule has 0 atom stereocenters. The van der Waals surface area contributed by atoms with Crippen molar-refractivity contribution in [3.63, 3.8) is 0 Å². The quantitative estimate of drug-likeness (QED) is 0.280. The number of guanidine groups is 1. The maximum Gasteiger partial charge on any atom is 0.220 e. The summed E-state index contributed by atoms with van der Waals surface area (Å²) in [5.41, 5.74) is 7.46. The Kier molecular flexibility index (Phi) is 9.53. The standard InChI is InChI=1S/C21H31N7O2.HI/c1-14(2)18-11-17(30-27-18)13-26-21(23-3)25-12-16-5-4-8-24-20(16)28-9-6-15(7-10-28)19(22)29;/h4-5,8,11,14-15H,6-7,9-10,12-13H2,1-3H3,(H2,22,29)(H2,23,25,26);1H. The molecule has 1 fully saturated rings. The maximum absolute atomic E-state index is 11.4. The summed E-state index contributed by atoms with van der Waals surface area (Å²) < 4.78 is 5.36. The number of primary amides is 1. The summed E-state index contributed by atoms with van der Waals surface area (Å²) in [6.07, 6.45) is 3.32. The van der Waals surface area contributed by atoms with Gasteiger partial charge in [-0.3, -0.25) is 9.79 Å². The zero-order chi connectivity index (χ0) is 21.5. The third kappa shape index (κ3) is 6.81. The number of nitrogens with zero attached hydrogens (tertiary/aromatic N) is 4. The van der Waals surface area contributed by atoms with Gasteiger partial charge in [0.05, 0.1) is 12.2 Å². The third-order valence-electron chi connectivity index (χ3n) is 5.33. The van der Waals surface area contributed by atoms with Crippen molar-refractivity contribution in [3.8, 4) is 0 Å². The van der Waals surface area contributed by atoms with Gasteiger partial charge in [-0.1, -0.05) is 25.1 Å². The first-order valence-corrected chi connectivity index (χ1v) is 10.4. The Bertz CT molecular complexity index is 876. The summed E-state index contributed by atoms with van der Waals surface area (Å²) >= 11 is 0. The number of aliphatic imine (C=N–C) groups is 1. The molecule has 2 aromatic rings. The van der Waals surface area contributed by atoms with Crippen LogP contribution in [0, 0.1) is 5.92 Å². The highest BCUT2D eigenvalue weighted by Crippen LogP contribution is 2.24. The normalized spacial score (nSPS) is 15.0. The van der Waals surface area contributed by atoms with Gasteiger partial charge in [-0.15, -0.1) is 24.0 Å². The number of aromatic nitrogens is 2. The van der Waals surface area contributed by atoms with E-state index in [4.69, 9.17) is 10.3 Å². The molecule has 170 valence electrons. The van der Waals surface area contributed by atoms with Crippen LogP contribution in [0.15, 0.2) is 33.9 Å². The molecule has 9 nitrogen and oxygen atoms in total. The Morgan fingerprint density at radius 1 is 1.32 bits per heavy atom. The van der Waals surface area contributed by atoms with Crippen LogP contribution in [0.1, 0.15) is 49.6 Å². The molecule has 3 rings (SSSR count). The minimum atomic E-state index is -0.209. The first-order valence-electron chi connectivity index (χ1n) is 10.4. The van der Waals surface area contributed by atoms with Gasteiger partial charge in [-0.05, 0) is 24.8 Å². The molecule has 0 spiro atoms. The minimum absolute atomic E-state index is 0. The molecule has 3 heterocycles. The van der Waals surface area contributed by atoms with Crippen molar-refractivity contribution in [1.29, 1.82) is 0 Å². The molecule has 1 amide bonds. The number of carbonyl (C=O) groups is 1. The van der Waals surface area contributed by atoms with Gasteiger partial charge < -0.3 is 25.8 Å². The molecule has 0 bridgehead atoms. The molecule has 1 aliphatic rings. The number of carbonyl (C=O) groups excluding carboxylic acids is 1. The molecule has 0 unspecified atom stereocenters. The van der Waals surface area contributed by atoms with E-state index < -0.39 is 0 Å². The summed E-state index contributed by atoms with van der Waals surface area (Å²) in [6.45, 7) is 6.78. The number of nitrogens with one attached hydrogen (secondary N) is 2. The van der Waals surface area contributed by atoms with Crippen LogP contribution in [0.2, 0.25) is 0 Å². The Labute approximate surface area is 200 Å². The second-order valence-electron chi connectivity index (χ2n) is 7.80. The number of amides is 1. The number of rotatable bonds is 7. The number of hydrogen-bond acceptors (Lipinski definition) is 6. The molecule has 0 saturated carbocycles. The zero-order valence-electron chi connectivity index (χ0n) is 18.3. The number of nitrogens with two attached hydrogens (primary N) is 1. The number of hydrogen-bond donors (Lipinski definition) is 3. The zero-order valence-corrected chi connectivity index (χ0v) is 20.6. The fourth-order valence-corrected chi connectivity index (χ4v) is 3.48. The van der Waals surface area contributed by atoms with E-state index >= 15 is 0 Å². The van der Waals surface area contributed by atoms with E-state index in [2.05, 4.69) is 44.5 Å². The molecule has 1 aliphatic heterocycles. The summed E-state index contributed by atoms with van der Waals surface area (Å²) in [5.74, 6) is 2.44. The number of pyridine rings is 1. The van der Waals surface area contributed by atoms with Crippen molar-refractivity contribution in [1.82, 2.24) is 20.8 Å². The lowest BCUT2D eigenvalue weighted by atomic mass is 9.96. The van der Waals surface area contributed by atoms with Gasteiger partial charge >= 0.3 is 0 Å². The molecule has 10 heteroatoms. The van der Waals surface area contributed by atoms with Gasteiger partial charge in [0.25, 0.3) is 0 Å². The van der Waals surface area contributed by atoms with E-state index in [1.165, 1.54) is 0 Å². The summed E-state index contributed by atoms with van der Waals surface area (Å²) in [7, 11) is 1.73. The van der Waals surface area contributed by atoms with Crippen molar-refractivity contribution in [2.45, 2.75) is 45.7 Å². The lowest BCUT2D eigenvalue weighted by Gasteiger charge is -2.32. The Morgan fingerprint density at radius 3 is 2.65 bits per heavy atom. The molecule has 2 aromatic heterocycles. The largest absolute Gasteiger partial charge is 0.369 e. The number of anilines is 1. The maximum atomic E-state index is 11.4. The Morgan fingerprint density at radius 2 is 2.03 bits per heavy atom. The van der Waals surface area contributed by atoms with Crippen molar-refractivity contribution in [3.05, 3.63) is 41.4 Å². The lowest BCUT2D eigenvalue weighted by Crippen LogP contribution is -2.40. The molecule has 1 saturated heterocycles. The van der Waals surface area contributed by atoms with Crippen LogP contribution in [-0.2, 0) is 17.9 Å². The lowest BCUT2D eigenvalue weighted by molar-refractivity contribution is -0.122. The van der Waals surface area contributed by atoms with E-state index in [-0.39, 0.29) is 35.8 Å². The van der Waals surface area contributed by atoms with Gasteiger partial charge in [0.1, 0.15) is 5.82 Å². The van der Waals surface area contributed by atoms with Gasteiger partial charge in [0.15, 0.2) is 11.7 Å². The van der Waals surface area contributed by atoms with Crippen molar-refractivity contribution < 1.29 is 9.32 Å². The summed E-state index contributed by atoms with van der Waals surface area (Å²) in [4.78, 5) is 22.5. The average Bonchev–Trinajstić information content (AvgIpc) is 3.24. The second-order valence-corrected chi connectivity index (χ2v) is 7.80. The molecule has 4 N–H and O–H groups in total. The van der Waals surface area contributed by atoms with Crippen LogP contribution in [-0.4, -0.2) is 42.1 Å². The molecular formula is C21H32IN7O2. The topological polar surface area (TPSA) is 122 Å². The molecular weight excluding hydrogens is 509 g/mol. The van der Waals surface area contributed by atoms with Gasteiger partial charge in [-0.25, -0.2) is 4.98 Å². The monoisotopic (exact) mass is 541 g/mol. The van der Waals surface area contributed by atoms with Gasteiger partial charge in [0, 0.05) is 50.4 Å². The van der Waals surface area contributed by atoms with Crippen molar-refractivity contribution in [2.24, 2.45) is 16.6 Å². The fourth-order valence-electron chi connectivity index (χ4n) is 3.48. The molecule has 0 aliphatic carbocycles. The molecule has 31 heavy (non-hydrogen) atoms. The minimum Gasteiger partial charge on any atom is -0.369 e. The Hall–Kier alpha value is -2.37. The van der Waals surface area contributed by atoms with E-state index in [1.54, 1.807) is 13.2 Å². The van der Waals surface area contributed by atoms with Gasteiger partial charge in [0.2, 0.25) is 5.91 Å². The van der Waals surface area contributed by atoms with Crippen LogP contribution in [0.5, 0.6) is 0 Å². The predicted octanol–water partition coefficient (Wildman–Crippen LogP) is 2.38. The number of piperidine rings is 1. The van der Waals surface area contributed by atoms with Crippen LogP contribution in [0.3, 0.4) is 0 Å². The molecule has 0 aromatic carbocycles. The summed E-state index contributed by atoms with van der Waals surface area (Å²) in [6, 6.07) is 5.93. The van der Waals surface area contributed by atoms with Crippen molar-refractivity contribution >= 4 is 41.7 Å². The van der Waals surface area contributed by atoms with E-state index in [0.717, 1.165) is 48.8 Å². The molecule has 0 radical (unpaired) electrons. The van der Waals surface area contributed by atoms with E-state index in [0.29, 0.717) is 25.0 Å². The van der Waals surface area contributed by atoms with E-state index in [1.807, 2.05) is 18.2 Å². The van der Waals surface area contributed by atoms with Crippen LogP contribution in [0.25, 0.3) is 0 Å². The highest BCUT2D eigenvalue weighted by Gasteiger charge is 2.25. The third-order valence-corrected chi connectivity index (χ3v) is 5.33. The summed E-state index contributed by atoms with van der Waals surface area (Å²) in [5, 5.41) is 10.6. The first kappa shape index (κ1) is 24.9. The smallest absolute Gasteiger partial charge is 0.220 e. The SMILES string of the molecule is CN=C(NCc1cc(C(C)C)no1)NCc1cccnc1N1CCC(C(N)=O)CC1.I. The fraction of sp³-hybridized carbons (Fsp3) is 0.524. The number of halogens is 1. The first-order chi connectivity index (χ1) is 14.5. The van der Waals surface area contributed by atoms with Crippen LogP contribution < -0.4 is 21.3 Å². The average molecular weight is 541 g/mol. The highest BCUT2D eigenvalue weighted by molar-refractivity contribution is 14.0. The predicted molar refractivity (Wildman–Crippen MR) is 131 cm³/mol. The highest BCUT2D eigenvalue weighted by atomic mass is 127. The Balaban J connectivity index is 0.00000341. The van der Waals surface area contributed by atoms with Crippen molar-refractivity contribution in [2.75, 3.05) is 25.0 Å². The van der Waals surface area contributed by atoms with Crippen LogP contribution in [0.4, 0.5) is 5.82 Å². The van der Waals surface area contributed by atoms with Crippen LogP contribution >= 0.6 is 24.0 Å².